The molecular weight excluding hydrogens is 386 g/mol. The lowest BCUT2D eigenvalue weighted by Crippen LogP contribution is -2.31. The Kier molecular flexibility index (Phi) is 4.51. The zero-order valence-electron chi connectivity index (χ0n) is 14.2. The lowest BCUT2D eigenvalue weighted by Gasteiger charge is -2.14. The molecule has 0 unspecified atom stereocenters. The quantitative estimate of drug-likeness (QED) is 0.531. The molecule has 0 aliphatic heterocycles. The summed E-state index contributed by atoms with van der Waals surface area (Å²) < 4.78 is 8.89. The molecule has 0 saturated heterocycles. The Morgan fingerprint density at radius 2 is 1.89 bits per heavy atom. The third-order valence-electron chi connectivity index (χ3n) is 4.03. The maximum absolute atomic E-state index is 13.0. The van der Waals surface area contributed by atoms with E-state index < -0.39 is 0 Å². The second-order valence-corrected chi connectivity index (χ2v) is 6.56. The van der Waals surface area contributed by atoms with Crippen molar-refractivity contribution < 1.29 is 4.74 Å². The van der Waals surface area contributed by atoms with Crippen LogP contribution in [-0.2, 0) is 6.61 Å². The monoisotopic (exact) mass is 399 g/mol. The van der Waals surface area contributed by atoms with Crippen LogP contribution in [0.3, 0.4) is 0 Å². The molecule has 0 aliphatic rings. The van der Waals surface area contributed by atoms with E-state index in [1.54, 1.807) is 37.3 Å². The summed E-state index contributed by atoms with van der Waals surface area (Å²) in [5, 5.41) is 7.87. The highest BCUT2D eigenvalue weighted by Crippen LogP contribution is 2.24. The van der Waals surface area contributed by atoms with E-state index in [2.05, 4.69) is 15.2 Å². The molecule has 0 fully saturated rings. The fourth-order valence-electron chi connectivity index (χ4n) is 2.80. The highest BCUT2D eigenvalue weighted by molar-refractivity contribution is 7.71. The summed E-state index contributed by atoms with van der Waals surface area (Å²) in [6, 6.07) is 14.3. The van der Waals surface area contributed by atoms with Gasteiger partial charge in [-0.25, -0.2) is 4.98 Å². The van der Waals surface area contributed by atoms with Gasteiger partial charge in [0, 0.05) is 0 Å². The number of aromatic amines is 1. The fraction of sp³-hybridized carbons (Fsp3) is 0.111. The van der Waals surface area contributed by atoms with Gasteiger partial charge in [-0.3, -0.25) is 9.89 Å². The van der Waals surface area contributed by atoms with Gasteiger partial charge in [0.05, 0.1) is 15.9 Å². The van der Waals surface area contributed by atoms with Crippen molar-refractivity contribution in [2.24, 2.45) is 0 Å². The summed E-state index contributed by atoms with van der Waals surface area (Å²) in [6.07, 6.45) is 0. The second kappa shape index (κ2) is 6.98. The number of hydrogen-bond acceptors (Lipinski definition) is 5. The largest absolute Gasteiger partial charge is 0.484 e. The van der Waals surface area contributed by atoms with Gasteiger partial charge in [0.15, 0.2) is 5.82 Å². The number of rotatable bonds is 4. The summed E-state index contributed by atoms with van der Waals surface area (Å²) in [6.45, 7) is 1.80. The van der Waals surface area contributed by atoms with Crippen LogP contribution in [0.4, 0.5) is 0 Å². The van der Waals surface area contributed by atoms with Crippen LogP contribution in [0.5, 0.6) is 5.75 Å². The maximum atomic E-state index is 13.0. The molecule has 1 N–H and O–H groups in total. The standard InChI is InChI=1S/C18H14ClN5O2S/c1-11-20-14-8-4-2-6-12(14)17(25)23(11)24-16(21-22-18(24)27)10-26-15-9-5-3-7-13(15)19/h2-9H,10H2,1H3,(H,22,27). The lowest BCUT2D eigenvalue weighted by atomic mass is 10.2. The van der Waals surface area contributed by atoms with Gasteiger partial charge in [0.2, 0.25) is 4.77 Å². The molecule has 0 aliphatic carbocycles. The fourth-order valence-corrected chi connectivity index (χ4v) is 3.22. The van der Waals surface area contributed by atoms with Crippen LogP contribution in [0, 0.1) is 11.7 Å². The van der Waals surface area contributed by atoms with E-state index >= 15 is 0 Å². The summed E-state index contributed by atoms with van der Waals surface area (Å²) in [4.78, 5) is 17.5. The van der Waals surface area contributed by atoms with E-state index in [9.17, 15) is 4.79 Å². The number of hydrogen-bond donors (Lipinski definition) is 1. The van der Waals surface area contributed by atoms with Gasteiger partial charge in [0.1, 0.15) is 18.2 Å². The van der Waals surface area contributed by atoms with Crippen molar-refractivity contribution in [3.63, 3.8) is 0 Å². The Balaban J connectivity index is 1.81. The molecular formula is C18H14ClN5O2S. The molecule has 0 radical (unpaired) electrons. The SMILES string of the molecule is Cc1nc2ccccc2c(=O)n1-n1c(COc2ccccc2Cl)n[nH]c1=S. The zero-order chi connectivity index (χ0) is 19.0. The molecule has 2 aromatic carbocycles. The van der Waals surface area contributed by atoms with Gasteiger partial charge in [-0.15, -0.1) is 0 Å². The topological polar surface area (TPSA) is 77.7 Å². The number of aromatic nitrogens is 5. The highest BCUT2D eigenvalue weighted by Gasteiger charge is 2.15. The molecule has 0 atom stereocenters. The third-order valence-corrected chi connectivity index (χ3v) is 4.60. The Morgan fingerprint density at radius 3 is 2.70 bits per heavy atom. The van der Waals surface area contributed by atoms with Crippen LogP contribution >= 0.6 is 23.8 Å². The van der Waals surface area contributed by atoms with Crippen LogP contribution in [0.1, 0.15) is 11.6 Å². The Bertz CT molecular complexity index is 1260. The zero-order valence-corrected chi connectivity index (χ0v) is 15.8. The average molecular weight is 400 g/mol. The highest BCUT2D eigenvalue weighted by atomic mass is 35.5. The number of aryl methyl sites for hydroxylation is 1. The second-order valence-electron chi connectivity index (χ2n) is 5.77. The van der Waals surface area contributed by atoms with Crippen molar-refractivity contribution in [1.82, 2.24) is 24.5 Å². The minimum atomic E-state index is -0.241. The van der Waals surface area contributed by atoms with Crippen molar-refractivity contribution in [3.8, 4) is 5.75 Å². The molecule has 0 saturated carbocycles. The van der Waals surface area contributed by atoms with Gasteiger partial charge in [0.25, 0.3) is 5.56 Å². The number of nitrogens with one attached hydrogen (secondary N) is 1. The molecule has 9 heteroatoms. The van der Waals surface area contributed by atoms with E-state index in [4.69, 9.17) is 28.6 Å². The minimum Gasteiger partial charge on any atom is -0.484 e. The van der Waals surface area contributed by atoms with E-state index in [0.717, 1.165) is 0 Å². The minimum absolute atomic E-state index is 0.0651. The Morgan fingerprint density at radius 1 is 1.15 bits per heavy atom. The van der Waals surface area contributed by atoms with Crippen molar-refractivity contribution in [2.75, 3.05) is 0 Å². The first-order valence-electron chi connectivity index (χ1n) is 8.09. The predicted octanol–water partition coefficient (Wildman–Crippen LogP) is 3.50. The third kappa shape index (κ3) is 3.13. The van der Waals surface area contributed by atoms with Gasteiger partial charge >= 0.3 is 0 Å². The van der Waals surface area contributed by atoms with Crippen LogP contribution < -0.4 is 10.3 Å². The summed E-state index contributed by atoms with van der Waals surface area (Å²) in [7, 11) is 0. The smallest absolute Gasteiger partial charge is 0.280 e. The maximum Gasteiger partial charge on any atom is 0.280 e. The summed E-state index contributed by atoms with van der Waals surface area (Å²) in [5.74, 6) is 1.41. The molecule has 7 nitrogen and oxygen atoms in total. The molecule has 2 heterocycles. The molecule has 0 amide bonds. The molecule has 4 rings (SSSR count). The van der Waals surface area contributed by atoms with Crippen molar-refractivity contribution in [3.05, 3.63) is 80.3 Å². The number of nitrogens with zero attached hydrogens (tertiary/aromatic N) is 4. The first-order chi connectivity index (χ1) is 13.1. The Hall–Kier alpha value is -2.97. The van der Waals surface area contributed by atoms with Crippen molar-refractivity contribution in [1.29, 1.82) is 0 Å². The number of H-pyrrole nitrogens is 1. The van der Waals surface area contributed by atoms with Gasteiger partial charge in [-0.05, 0) is 43.4 Å². The lowest BCUT2D eigenvalue weighted by molar-refractivity contribution is 0.285. The molecule has 2 aromatic heterocycles. The van der Waals surface area contributed by atoms with Gasteiger partial charge < -0.3 is 4.74 Å². The average Bonchev–Trinajstić information content (AvgIpc) is 3.02. The molecule has 0 spiro atoms. The number of para-hydroxylation sites is 2. The summed E-state index contributed by atoms with van der Waals surface area (Å²) in [5.41, 5.74) is 0.384. The van der Waals surface area contributed by atoms with E-state index in [1.165, 1.54) is 9.35 Å². The first kappa shape index (κ1) is 17.4. The normalized spacial score (nSPS) is 11.0. The number of halogens is 1. The molecule has 0 bridgehead atoms. The van der Waals surface area contributed by atoms with Crippen molar-refractivity contribution in [2.45, 2.75) is 13.5 Å². The van der Waals surface area contributed by atoms with E-state index in [0.29, 0.717) is 33.3 Å². The van der Waals surface area contributed by atoms with Crippen LogP contribution in [0.25, 0.3) is 10.9 Å². The van der Waals surface area contributed by atoms with E-state index in [1.807, 2.05) is 18.2 Å². The summed E-state index contributed by atoms with van der Waals surface area (Å²) >= 11 is 11.5. The van der Waals surface area contributed by atoms with Crippen LogP contribution in [0.15, 0.2) is 53.3 Å². The van der Waals surface area contributed by atoms with Crippen LogP contribution in [-0.4, -0.2) is 24.5 Å². The molecule has 136 valence electrons. The first-order valence-corrected chi connectivity index (χ1v) is 8.87. The van der Waals surface area contributed by atoms with E-state index in [-0.39, 0.29) is 16.9 Å². The van der Waals surface area contributed by atoms with Crippen LogP contribution in [0.2, 0.25) is 5.02 Å². The molecule has 27 heavy (non-hydrogen) atoms. The predicted molar refractivity (Wildman–Crippen MR) is 105 cm³/mol. The Labute approximate surface area is 163 Å². The van der Waals surface area contributed by atoms with Gasteiger partial charge in [-0.1, -0.05) is 35.9 Å². The van der Waals surface area contributed by atoms with Crippen molar-refractivity contribution >= 4 is 34.7 Å². The number of benzene rings is 2. The van der Waals surface area contributed by atoms with Gasteiger partial charge in [-0.2, -0.15) is 14.5 Å². The number of fused-ring (bicyclic) bond motifs is 1. The molecule has 4 aromatic rings. The number of ether oxygens (including phenoxy) is 1.